The van der Waals surface area contributed by atoms with Gasteiger partial charge in [0.2, 0.25) is 5.91 Å². The maximum absolute atomic E-state index is 11.9. The summed E-state index contributed by atoms with van der Waals surface area (Å²) in [5.41, 5.74) is 2.27. The van der Waals surface area contributed by atoms with Crippen molar-refractivity contribution in [2.45, 2.75) is 32.8 Å². The summed E-state index contributed by atoms with van der Waals surface area (Å²) >= 11 is 0. The number of piperidine rings is 3. The van der Waals surface area contributed by atoms with Crippen LogP contribution in [0.25, 0.3) is 0 Å². The van der Waals surface area contributed by atoms with E-state index in [2.05, 4.69) is 16.3 Å². The van der Waals surface area contributed by atoms with Crippen LogP contribution in [0.5, 0.6) is 5.75 Å². The summed E-state index contributed by atoms with van der Waals surface area (Å²) in [7, 11) is 0. The molecular formula is C18H26N2O3. The molecule has 1 aromatic carbocycles. The highest BCUT2D eigenvalue weighted by Gasteiger charge is 2.34. The first kappa shape index (κ1) is 16.3. The highest BCUT2D eigenvalue weighted by Crippen LogP contribution is 2.29. The summed E-state index contributed by atoms with van der Waals surface area (Å²) in [6, 6.07) is 5.99. The van der Waals surface area contributed by atoms with E-state index < -0.39 is 0 Å². The van der Waals surface area contributed by atoms with Crippen molar-refractivity contribution in [2.75, 3.05) is 33.0 Å². The minimum atomic E-state index is -0.119. The Balaban J connectivity index is 1.36. The Morgan fingerprint density at radius 2 is 2.09 bits per heavy atom. The number of hydrogen-bond donors (Lipinski definition) is 1. The standard InChI is InChI=1S/C18H26N2O3/c1-13-3-4-16(14(2)9-13)23-12-19-18(21)11-22-17-10-20-7-5-15(17)6-8-20/h3-4,9,15,17H,5-8,10-12H2,1-2H3,(H,19,21). The molecule has 1 unspecified atom stereocenters. The van der Waals surface area contributed by atoms with Crippen molar-refractivity contribution in [3.8, 4) is 5.75 Å². The fourth-order valence-electron chi connectivity index (χ4n) is 3.49. The molecular weight excluding hydrogens is 292 g/mol. The van der Waals surface area contributed by atoms with Crippen molar-refractivity contribution in [2.24, 2.45) is 5.92 Å². The number of fused-ring (bicyclic) bond motifs is 3. The average molecular weight is 318 g/mol. The van der Waals surface area contributed by atoms with Gasteiger partial charge < -0.3 is 19.7 Å². The molecule has 2 bridgehead atoms. The molecule has 1 N–H and O–H groups in total. The Morgan fingerprint density at radius 1 is 1.30 bits per heavy atom. The van der Waals surface area contributed by atoms with E-state index in [9.17, 15) is 4.79 Å². The number of aryl methyl sites for hydroxylation is 2. The maximum atomic E-state index is 11.9. The third kappa shape index (κ3) is 4.24. The Labute approximate surface area is 137 Å². The molecule has 23 heavy (non-hydrogen) atoms. The van der Waals surface area contributed by atoms with Gasteiger partial charge in [-0.05, 0) is 57.3 Å². The fraction of sp³-hybridized carbons (Fsp3) is 0.611. The molecule has 126 valence electrons. The summed E-state index contributed by atoms with van der Waals surface area (Å²) in [5, 5.41) is 2.76. The second-order valence-electron chi connectivity index (χ2n) is 6.65. The smallest absolute Gasteiger partial charge is 0.248 e. The molecule has 3 heterocycles. The zero-order valence-electron chi connectivity index (χ0n) is 14.0. The van der Waals surface area contributed by atoms with Gasteiger partial charge in [0.05, 0.1) is 6.10 Å². The lowest BCUT2D eigenvalue weighted by Gasteiger charge is -2.44. The molecule has 1 amide bonds. The van der Waals surface area contributed by atoms with E-state index in [-0.39, 0.29) is 25.3 Å². The monoisotopic (exact) mass is 318 g/mol. The van der Waals surface area contributed by atoms with Crippen molar-refractivity contribution in [1.82, 2.24) is 10.2 Å². The molecule has 0 aromatic heterocycles. The summed E-state index contributed by atoms with van der Waals surface area (Å²) in [5.74, 6) is 1.31. The summed E-state index contributed by atoms with van der Waals surface area (Å²) in [6.07, 6.45) is 2.60. The van der Waals surface area contributed by atoms with Crippen LogP contribution in [0.4, 0.5) is 0 Å². The Bertz CT molecular complexity index is 553. The number of amides is 1. The van der Waals surface area contributed by atoms with Gasteiger partial charge in [-0.3, -0.25) is 4.79 Å². The number of hydrogen-bond acceptors (Lipinski definition) is 4. The van der Waals surface area contributed by atoms with Crippen molar-refractivity contribution >= 4 is 5.91 Å². The quantitative estimate of drug-likeness (QED) is 0.814. The second-order valence-corrected chi connectivity index (χ2v) is 6.65. The van der Waals surface area contributed by atoms with Crippen molar-refractivity contribution in [3.05, 3.63) is 29.3 Å². The van der Waals surface area contributed by atoms with Gasteiger partial charge in [-0.25, -0.2) is 0 Å². The van der Waals surface area contributed by atoms with Gasteiger partial charge in [-0.1, -0.05) is 17.7 Å². The van der Waals surface area contributed by atoms with E-state index in [4.69, 9.17) is 9.47 Å². The molecule has 3 fully saturated rings. The first-order valence-electron chi connectivity index (χ1n) is 8.42. The van der Waals surface area contributed by atoms with Crippen molar-refractivity contribution in [1.29, 1.82) is 0 Å². The van der Waals surface area contributed by atoms with Gasteiger partial charge in [0.25, 0.3) is 0 Å². The van der Waals surface area contributed by atoms with Crippen LogP contribution in [0.2, 0.25) is 0 Å². The minimum Gasteiger partial charge on any atom is -0.473 e. The molecule has 5 nitrogen and oxygen atoms in total. The van der Waals surface area contributed by atoms with Crippen LogP contribution in [0, 0.1) is 19.8 Å². The molecule has 3 saturated heterocycles. The SMILES string of the molecule is Cc1ccc(OCNC(=O)COC2CN3CCC2CC3)c(C)c1. The largest absolute Gasteiger partial charge is 0.473 e. The van der Waals surface area contributed by atoms with E-state index >= 15 is 0 Å². The van der Waals surface area contributed by atoms with Gasteiger partial charge in [-0.15, -0.1) is 0 Å². The Kier molecular flexibility index (Phi) is 5.18. The van der Waals surface area contributed by atoms with Gasteiger partial charge >= 0.3 is 0 Å². The highest BCUT2D eigenvalue weighted by molar-refractivity contribution is 5.77. The first-order chi connectivity index (χ1) is 11.1. The van der Waals surface area contributed by atoms with Gasteiger partial charge in [0.15, 0.2) is 6.73 Å². The lowest BCUT2D eigenvalue weighted by atomic mass is 9.86. The molecule has 5 heteroatoms. The average Bonchev–Trinajstić information content (AvgIpc) is 2.56. The molecule has 1 atom stereocenters. The van der Waals surface area contributed by atoms with E-state index in [1.54, 1.807) is 0 Å². The van der Waals surface area contributed by atoms with E-state index in [0.29, 0.717) is 5.92 Å². The van der Waals surface area contributed by atoms with Crippen molar-refractivity contribution < 1.29 is 14.3 Å². The normalized spacial score (nSPS) is 26.1. The Hall–Kier alpha value is -1.59. The third-order valence-electron chi connectivity index (χ3n) is 4.85. The number of ether oxygens (including phenoxy) is 2. The van der Waals surface area contributed by atoms with Crippen molar-refractivity contribution in [3.63, 3.8) is 0 Å². The molecule has 4 rings (SSSR count). The minimum absolute atomic E-state index is 0.116. The van der Waals surface area contributed by atoms with E-state index in [1.165, 1.54) is 31.5 Å². The van der Waals surface area contributed by atoms with Crippen LogP contribution < -0.4 is 10.1 Å². The topological polar surface area (TPSA) is 50.8 Å². The van der Waals surface area contributed by atoms with E-state index in [0.717, 1.165) is 17.9 Å². The second kappa shape index (κ2) is 7.32. The number of carbonyl (C=O) groups is 1. The van der Waals surface area contributed by atoms with Crippen LogP contribution in [0.15, 0.2) is 18.2 Å². The zero-order chi connectivity index (χ0) is 16.2. The summed E-state index contributed by atoms with van der Waals surface area (Å²) < 4.78 is 11.4. The molecule has 1 aromatic rings. The van der Waals surface area contributed by atoms with Gasteiger partial charge in [-0.2, -0.15) is 0 Å². The van der Waals surface area contributed by atoms with Crippen LogP contribution in [0.3, 0.4) is 0 Å². The number of nitrogens with one attached hydrogen (secondary N) is 1. The number of benzene rings is 1. The van der Waals surface area contributed by atoms with Crippen LogP contribution in [-0.2, 0) is 9.53 Å². The molecule has 0 radical (unpaired) electrons. The number of carbonyl (C=O) groups excluding carboxylic acids is 1. The summed E-state index contributed by atoms with van der Waals surface area (Å²) in [4.78, 5) is 14.3. The maximum Gasteiger partial charge on any atom is 0.248 e. The Morgan fingerprint density at radius 3 is 2.74 bits per heavy atom. The summed E-state index contributed by atoms with van der Waals surface area (Å²) in [6.45, 7) is 7.67. The molecule has 3 aliphatic rings. The predicted octanol–water partition coefficient (Wildman–Crippen LogP) is 1.87. The highest BCUT2D eigenvalue weighted by atomic mass is 16.5. The number of rotatable bonds is 6. The molecule has 0 saturated carbocycles. The van der Waals surface area contributed by atoms with Crippen LogP contribution >= 0.6 is 0 Å². The molecule has 0 spiro atoms. The first-order valence-corrected chi connectivity index (χ1v) is 8.42. The molecule has 0 aliphatic carbocycles. The fourth-order valence-corrected chi connectivity index (χ4v) is 3.49. The third-order valence-corrected chi connectivity index (χ3v) is 4.85. The van der Waals surface area contributed by atoms with Gasteiger partial charge in [0, 0.05) is 6.54 Å². The zero-order valence-corrected chi connectivity index (χ0v) is 14.0. The molecule has 3 aliphatic heterocycles. The van der Waals surface area contributed by atoms with E-state index in [1.807, 2.05) is 26.0 Å². The lowest BCUT2D eigenvalue weighted by Crippen LogP contribution is -2.52. The predicted molar refractivity (Wildman–Crippen MR) is 88.5 cm³/mol. The lowest BCUT2D eigenvalue weighted by molar-refractivity contribution is -0.134. The number of nitrogens with zero attached hydrogens (tertiary/aromatic N) is 1. The van der Waals surface area contributed by atoms with Crippen LogP contribution in [-0.4, -0.2) is 49.9 Å². The van der Waals surface area contributed by atoms with Gasteiger partial charge in [0.1, 0.15) is 12.4 Å². The van der Waals surface area contributed by atoms with Crippen LogP contribution in [0.1, 0.15) is 24.0 Å².